The van der Waals surface area contributed by atoms with Crippen molar-refractivity contribution in [3.8, 4) is 0 Å². The summed E-state index contributed by atoms with van der Waals surface area (Å²) in [6.45, 7) is 6.75. The minimum Gasteiger partial charge on any atom is -0.444 e. The van der Waals surface area contributed by atoms with E-state index in [0.29, 0.717) is 6.54 Å². The van der Waals surface area contributed by atoms with Crippen LogP contribution < -0.4 is 10.6 Å². The number of halogens is 1. The summed E-state index contributed by atoms with van der Waals surface area (Å²) in [5.41, 5.74) is 1.62. The zero-order chi connectivity index (χ0) is 21.4. The molecule has 30 heavy (non-hydrogen) atoms. The Bertz CT molecular complexity index is 814. The first-order valence-electron chi connectivity index (χ1n) is 9.76. The van der Waals surface area contributed by atoms with Gasteiger partial charge in [0, 0.05) is 39.6 Å². The zero-order valence-electron chi connectivity index (χ0n) is 18.7. The van der Waals surface area contributed by atoms with E-state index in [1.165, 1.54) is 5.69 Å². The van der Waals surface area contributed by atoms with E-state index in [9.17, 15) is 4.79 Å². The number of carbonyl (C=O) groups excluding carboxylic acids is 1. The summed E-state index contributed by atoms with van der Waals surface area (Å²) in [6, 6.07) is 13.7. The number of nitrogens with zero attached hydrogens (tertiary/aromatic N) is 3. The van der Waals surface area contributed by atoms with Gasteiger partial charge < -0.3 is 24.8 Å². The fraction of sp³-hybridized carbons (Fsp3) is 0.455. The van der Waals surface area contributed by atoms with E-state index < -0.39 is 11.7 Å². The average molecular weight is 527 g/mol. The first kappa shape index (κ1) is 25.8. The van der Waals surface area contributed by atoms with Crippen LogP contribution in [0.2, 0.25) is 0 Å². The number of aryl methyl sites for hydroxylation is 1. The van der Waals surface area contributed by atoms with Crippen LogP contribution >= 0.6 is 24.0 Å². The smallest absolute Gasteiger partial charge is 0.408 e. The van der Waals surface area contributed by atoms with Crippen molar-refractivity contribution in [2.24, 2.45) is 12.0 Å². The lowest BCUT2D eigenvalue weighted by Gasteiger charge is -2.27. The van der Waals surface area contributed by atoms with Crippen molar-refractivity contribution in [3.63, 3.8) is 0 Å². The number of rotatable bonds is 6. The molecule has 0 fully saturated rings. The van der Waals surface area contributed by atoms with Gasteiger partial charge in [-0.3, -0.25) is 4.99 Å². The molecule has 0 aliphatic carbocycles. The third-order valence-electron chi connectivity index (χ3n) is 4.38. The van der Waals surface area contributed by atoms with Gasteiger partial charge in [-0.1, -0.05) is 30.3 Å². The Kier molecular flexibility index (Phi) is 10.2. The van der Waals surface area contributed by atoms with Crippen molar-refractivity contribution >= 4 is 36.0 Å². The van der Waals surface area contributed by atoms with Gasteiger partial charge in [-0.25, -0.2) is 4.79 Å². The number of amides is 1. The predicted octanol–water partition coefficient (Wildman–Crippen LogP) is 3.92. The molecule has 1 heterocycles. The van der Waals surface area contributed by atoms with Crippen molar-refractivity contribution in [1.82, 2.24) is 20.1 Å². The molecule has 2 rings (SSSR count). The number of alkyl carbamates (subject to hydrolysis) is 1. The largest absolute Gasteiger partial charge is 0.444 e. The van der Waals surface area contributed by atoms with Crippen molar-refractivity contribution in [3.05, 3.63) is 59.9 Å². The third-order valence-corrected chi connectivity index (χ3v) is 4.38. The Morgan fingerprint density at radius 3 is 2.40 bits per heavy atom. The van der Waals surface area contributed by atoms with E-state index in [1.54, 1.807) is 7.05 Å². The number of aromatic nitrogens is 1. The minimum atomic E-state index is -0.552. The predicted molar refractivity (Wildman–Crippen MR) is 132 cm³/mol. The highest BCUT2D eigenvalue weighted by Crippen LogP contribution is 2.14. The van der Waals surface area contributed by atoms with Gasteiger partial charge in [0.25, 0.3) is 0 Å². The first-order valence-corrected chi connectivity index (χ1v) is 9.76. The Labute approximate surface area is 196 Å². The van der Waals surface area contributed by atoms with Crippen LogP contribution in [0.1, 0.15) is 38.1 Å². The summed E-state index contributed by atoms with van der Waals surface area (Å²) in [5.74, 6) is 0.748. The highest BCUT2D eigenvalue weighted by Gasteiger charge is 2.21. The van der Waals surface area contributed by atoms with E-state index in [4.69, 9.17) is 4.74 Å². The molecule has 1 atom stereocenters. The van der Waals surface area contributed by atoms with Gasteiger partial charge in [-0.05, 0) is 38.5 Å². The van der Waals surface area contributed by atoms with Crippen molar-refractivity contribution < 1.29 is 9.53 Å². The summed E-state index contributed by atoms with van der Waals surface area (Å²) in [5, 5.41) is 6.33. The molecule has 0 spiro atoms. The number of benzene rings is 1. The number of carbonyl (C=O) groups is 1. The van der Waals surface area contributed by atoms with Crippen molar-refractivity contribution in [2.45, 2.75) is 39.0 Å². The van der Waals surface area contributed by atoms with E-state index in [1.807, 2.05) is 82.4 Å². The lowest BCUT2D eigenvalue weighted by atomic mass is 10.1. The molecule has 0 saturated heterocycles. The van der Waals surface area contributed by atoms with Crippen molar-refractivity contribution in [2.75, 3.05) is 20.6 Å². The number of guanidine groups is 1. The molecule has 0 radical (unpaired) electrons. The van der Waals surface area contributed by atoms with Gasteiger partial charge in [0.05, 0.1) is 12.6 Å². The number of hydrogen-bond donors (Lipinski definition) is 2. The minimum absolute atomic E-state index is 0. The second kappa shape index (κ2) is 11.8. The van der Waals surface area contributed by atoms with Crippen LogP contribution in [0, 0.1) is 0 Å². The van der Waals surface area contributed by atoms with Gasteiger partial charge >= 0.3 is 6.09 Å². The molecule has 2 N–H and O–H groups in total. The number of ether oxygens (including phenoxy) is 1. The maximum absolute atomic E-state index is 12.3. The summed E-state index contributed by atoms with van der Waals surface area (Å²) < 4.78 is 7.52. The lowest BCUT2D eigenvalue weighted by Crippen LogP contribution is -2.44. The van der Waals surface area contributed by atoms with E-state index in [2.05, 4.69) is 26.3 Å². The number of aliphatic imine (C=N–C) groups is 1. The SMILES string of the molecule is CN=C(NCC(NC(=O)OC(C)(C)C)c1ccccc1)N(C)Cc1cccn1C.I. The zero-order valence-corrected chi connectivity index (χ0v) is 21.0. The molecule has 0 aliphatic rings. The molecule has 0 aliphatic heterocycles. The van der Waals surface area contributed by atoms with Crippen LogP contribution in [-0.4, -0.2) is 47.8 Å². The fourth-order valence-corrected chi connectivity index (χ4v) is 2.94. The highest BCUT2D eigenvalue weighted by molar-refractivity contribution is 14.0. The number of nitrogens with one attached hydrogen (secondary N) is 2. The van der Waals surface area contributed by atoms with Crippen LogP contribution in [0.25, 0.3) is 0 Å². The Morgan fingerprint density at radius 1 is 1.20 bits per heavy atom. The Morgan fingerprint density at radius 2 is 1.87 bits per heavy atom. The third kappa shape index (κ3) is 8.25. The molecular formula is C22H34IN5O2. The molecule has 1 amide bonds. The fourth-order valence-electron chi connectivity index (χ4n) is 2.94. The molecule has 1 aromatic heterocycles. The molecule has 7 nitrogen and oxygen atoms in total. The molecule has 8 heteroatoms. The quantitative estimate of drug-likeness (QED) is 0.340. The van der Waals surface area contributed by atoms with Gasteiger partial charge in [-0.15, -0.1) is 24.0 Å². The van der Waals surface area contributed by atoms with Crippen LogP contribution in [0.3, 0.4) is 0 Å². The second-order valence-electron chi connectivity index (χ2n) is 8.00. The van der Waals surface area contributed by atoms with E-state index >= 15 is 0 Å². The summed E-state index contributed by atoms with van der Waals surface area (Å²) in [4.78, 5) is 18.8. The van der Waals surface area contributed by atoms with Gasteiger partial charge in [0.1, 0.15) is 5.60 Å². The van der Waals surface area contributed by atoms with Crippen LogP contribution in [-0.2, 0) is 18.3 Å². The molecule has 1 aromatic carbocycles. The highest BCUT2D eigenvalue weighted by atomic mass is 127. The van der Waals surface area contributed by atoms with Crippen molar-refractivity contribution in [1.29, 1.82) is 0 Å². The topological polar surface area (TPSA) is 70.9 Å². The Balaban J connectivity index is 0.00000450. The second-order valence-corrected chi connectivity index (χ2v) is 8.00. The van der Waals surface area contributed by atoms with Gasteiger partial charge in [0.2, 0.25) is 0 Å². The summed E-state index contributed by atoms with van der Waals surface area (Å²) in [6.07, 6.45) is 1.58. The van der Waals surface area contributed by atoms with Crippen LogP contribution in [0.15, 0.2) is 53.7 Å². The van der Waals surface area contributed by atoms with Crippen LogP contribution in [0.4, 0.5) is 4.79 Å². The molecule has 1 unspecified atom stereocenters. The Hall–Kier alpha value is -2.23. The van der Waals surface area contributed by atoms with Gasteiger partial charge in [-0.2, -0.15) is 0 Å². The maximum Gasteiger partial charge on any atom is 0.408 e. The average Bonchev–Trinajstić information content (AvgIpc) is 3.05. The molecule has 2 aromatic rings. The van der Waals surface area contributed by atoms with E-state index in [-0.39, 0.29) is 30.0 Å². The summed E-state index contributed by atoms with van der Waals surface area (Å²) >= 11 is 0. The van der Waals surface area contributed by atoms with Gasteiger partial charge in [0.15, 0.2) is 5.96 Å². The molecule has 0 bridgehead atoms. The standard InChI is InChI=1S/C22H33N5O2.HI/c1-22(2,3)29-21(28)25-19(17-11-8-7-9-12-17)15-24-20(23-4)27(6)16-18-13-10-14-26(18)5;/h7-14,19H,15-16H2,1-6H3,(H,23,24)(H,25,28);1H. The lowest BCUT2D eigenvalue weighted by molar-refractivity contribution is 0.0504. The van der Waals surface area contributed by atoms with Crippen LogP contribution in [0.5, 0.6) is 0 Å². The normalized spacial score (nSPS) is 12.5. The first-order chi connectivity index (χ1) is 13.7. The maximum atomic E-state index is 12.3. The monoisotopic (exact) mass is 527 g/mol. The molecule has 166 valence electrons. The molecular weight excluding hydrogens is 493 g/mol. The van der Waals surface area contributed by atoms with E-state index in [0.717, 1.165) is 18.1 Å². The molecule has 0 saturated carbocycles. The summed E-state index contributed by atoms with van der Waals surface area (Å²) in [7, 11) is 5.76. The number of hydrogen-bond acceptors (Lipinski definition) is 3.